The average molecular weight is 504 g/mol. The van der Waals surface area contributed by atoms with Crippen molar-refractivity contribution in [3.8, 4) is 5.75 Å². The Morgan fingerprint density at radius 1 is 1.00 bits per heavy atom. The van der Waals surface area contributed by atoms with Crippen molar-refractivity contribution in [2.75, 3.05) is 23.4 Å². The topological polar surface area (TPSA) is 79.0 Å². The molecule has 8 heteroatoms. The lowest BCUT2D eigenvalue weighted by Gasteiger charge is -2.21. The fourth-order valence-corrected chi connectivity index (χ4v) is 4.20. The summed E-state index contributed by atoms with van der Waals surface area (Å²) in [6.07, 6.45) is 0.878. The van der Waals surface area contributed by atoms with Crippen LogP contribution < -0.4 is 15.0 Å². The molecule has 0 saturated carbocycles. The van der Waals surface area contributed by atoms with E-state index in [0.29, 0.717) is 29.3 Å². The number of halogens is 1. The average Bonchev–Trinajstić information content (AvgIpc) is 3.12. The largest absolute Gasteiger partial charge is 0.494 e. The van der Waals surface area contributed by atoms with Gasteiger partial charge in [-0.3, -0.25) is 9.59 Å². The number of carbonyl (C=O) groups excluding carboxylic acids is 3. The second-order valence-electron chi connectivity index (χ2n) is 8.97. The van der Waals surface area contributed by atoms with Gasteiger partial charge in [-0.2, -0.15) is 0 Å². The van der Waals surface area contributed by atoms with Gasteiger partial charge in [-0.05, 0) is 67.8 Å². The van der Waals surface area contributed by atoms with E-state index < -0.39 is 23.9 Å². The summed E-state index contributed by atoms with van der Waals surface area (Å²) >= 11 is 0. The van der Waals surface area contributed by atoms with Gasteiger partial charge in [0.05, 0.1) is 18.7 Å². The van der Waals surface area contributed by atoms with Crippen LogP contribution in [0.5, 0.6) is 5.75 Å². The lowest BCUT2D eigenvalue weighted by Crippen LogP contribution is -2.39. The molecule has 7 nitrogen and oxygen atoms in total. The molecule has 3 aromatic carbocycles. The Morgan fingerprint density at radius 2 is 1.70 bits per heavy atom. The summed E-state index contributed by atoms with van der Waals surface area (Å²) in [5.74, 6) is -0.572. The molecule has 1 aliphatic rings. The van der Waals surface area contributed by atoms with E-state index in [1.807, 2.05) is 26.0 Å². The number of hydrogen-bond acceptors (Lipinski definition) is 4. The first-order valence-corrected chi connectivity index (χ1v) is 12.3. The van der Waals surface area contributed by atoms with Crippen molar-refractivity contribution in [3.63, 3.8) is 0 Å². The van der Waals surface area contributed by atoms with Crippen LogP contribution in [0.4, 0.5) is 20.6 Å². The van der Waals surface area contributed by atoms with E-state index in [1.54, 1.807) is 54.6 Å². The number of anilines is 2. The van der Waals surface area contributed by atoms with Gasteiger partial charge in [-0.25, -0.2) is 14.1 Å². The molecule has 0 aromatic heterocycles. The van der Waals surface area contributed by atoms with Gasteiger partial charge in [0, 0.05) is 12.2 Å². The van der Waals surface area contributed by atoms with Crippen LogP contribution in [-0.2, 0) is 16.0 Å². The van der Waals surface area contributed by atoms with Gasteiger partial charge in [-0.15, -0.1) is 0 Å². The number of hydrogen-bond donors (Lipinski definition) is 1. The van der Waals surface area contributed by atoms with Crippen molar-refractivity contribution in [1.29, 1.82) is 0 Å². The molecule has 1 aliphatic heterocycles. The highest BCUT2D eigenvalue weighted by Gasteiger charge is 2.46. The molecule has 0 aliphatic carbocycles. The number of rotatable bonds is 10. The second kappa shape index (κ2) is 11.7. The Hall–Kier alpha value is -4.20. The van der Waals surface area contributed by atoms with Crippen molar-refractivity contribution in [3.05, 3.63) is 89.7 Å². The number of nitrogens with one attached hydrogen (secondary N) is 1. The van der Waals surface area contributed by atoms with E-state index in [0.717, 1.165) is 16.9 Å². The van der Waals surface area contributed by atoms with Crippen molar-refractivity contribution >= 4 is 29.2 Å². The third kappa shape index (κ3) is 6.14. The van der Waals surface area contributed by atoms with Crippen LogP contribution in [0.25, 0.3) is 0 Å². The van der Waals surface area contributed by atoms with Crippen LogP contribution >= 0.6 is 0 Å². The summed E-state index contributed by atoms with van der Waals surface area (Å²) in [5.41, 5.74) is 2.41. The smallest absolute Gasteiger partial charge is 0.332 e. The number of amides is 4. The van der Waals surface area contributed by atoms with E-state index >= 15 is 0 Å². The number of imide groups is 1. The van der Waals surface area contributed by atoms with Gasteiger partial charge >= 0.3 is 6.03 Å². The first kappa shape index (κ1) is 25.9. The number of benzene rings is 3. The summed E-state index contributed by atoms with van der Waals surface area (Å²) in [4.78, 5) is 42.2. The summed E-state index contributed by atoms with van der Waals surface area (Å²) in [5, 5.41) is 2.79. The van der Waals surface area contributed by atoms with E-state index in [4.69, 9.17) is 4.74 Å². The fourth-order valence-electron chi connectivity index (χ4n) is 4.20. The van der Waals surface area contributed by atoms with Crippen LogP contribution in [0.3, 0.4) is 0 Å². The zero-order chi connectivity index (χ0) is 26.4. The summed E-state index contributed by atoms with van der Waals surface area (Å²) in [6, 6.07) is 18.8. The molecule has 3 aromatic rings. The Balaban J connectivity index is 1.51. The third-order valence-corrected chi connectivity index (χ3v) is 6.18. The molecule has 1 heterocycles. The first-order chi connectivity index (χ1) is 17.9. The maximum Gasteiger partial charge on any atom is 0.332 e. The molecule has 37 heavy (non-hydrogen) atoms. The van der Waals surface area contributed by atoms with Crippen LogP contribution in [0.2, 0.25) is 0 Å². The predicted molar refractivity (Wildman–Crippen MR) is 140 cm³/mol. The first-order valence-electron chi connectivity index (χ1n) is 12.3. The number of aryl methyl sites for hydroxylation is 1. The quantitative estimate of drug-likeness (QED) is 0.379. The zero-order valence-corrected chi connectivity index (χ0v) is 20.9. The molecule has 0 radical (unpaired) electrons. The predicted octanol–water partition coefficient (Wildman–Crippen LogP) is 5.33. The van der Waals surface area contributed by atoms with Gasteiger partial charge in [0.1, 0.15) is 17.6 Å². The van der Waals surface area contributed by atoms with E-state index in [-0.39, 0.29) is 25.2 Å². The van der Waals surface area contributed by atoms with Crippen molar-refractivity contribution in [1.82, 2.24) is 4.90 Å². The van der Waals surface area contributed by atoms with Crippen molar-refractivity contribution in [2.45, 2.75) is 39.2 Å². The molecule has 4 rings (SSSR count). The van der Waals surface area contributed by atoms with Crippen LogP contribution in [0.15, 0.2) is 72.8 Å². The van der Waals surface area contributed by atoms with Gasteiger partial charge in [0.25, 0.3) is 5.91 Å². The standard InChI is InChI=1S/C29H30FN3O4/c1-3-18-37-24-14-10-22(11-15-24)31-27(34)19-26-28(35)33(23-12-8-20(2)9-13-23)29(36)32(26)17-16-21-6-4-5-7-25(21)30/h4-15,26H,3,16-19H2,1-2H3,(H,31,34). The highest BCUT2D eigenvalue weighted by atomic mass is 19.1. The lowest BCUT2D eigenvalue weighted by molar-refractivity contribution is -0.124. The van der Waals surface area contributed by atoms with Crippen molar-refractivity contribution in [2.24, 2.45) is 0 Å². The molecule has 1 fully saturated rings. The molecule has 192 valence electrons. The summed E-state index contributed by atoms with van der Waals surface area (Å²) in [7, 11) is 0. The Kier molecular flexibility index (Phi) is 8.18. The van der Waals surface area contributed by atoms with Crippen LogP contribution in [0, 0.1) is 12.7 Å². The fraction of sp³-hybridized carbons (Fsp3) is 0.276. The van der Waals surface area contributed by atoms with E-state index in [9.17, 15) is 18.8 Å². The molecular weight excluding hydrogens is 473 g/mol. The van der Waals surface area contributed by atoms with Gasteiger partial charge in [0.2, 0.25) is 5.91 Å². The second-order valence-corrected chi connectivity index (χ2v) is 8.97. The number of carbonyl (C=O) groups is 3. The summed E-state index contributed by atoms with van der Waals surface area (Å²) < 4.78 is 19.8. The number of urea groups is 1. The Labute approximate surface area is 215 Å². The summed E-state index contributed by atoms with van der Waals surface area (Å²) in [6.45, 7) is 4.62. The molecule has 1 unspecified atom stereocenters. The van der Waals surface area contributed by atoms with Crippen molar-refractivity contribution < 1.29 is 23.5 Å². The normalized spacial score (nSPS) is 15.3. The lowest BCUT2D eigenvalue weighted by atomic mass is 10.1. The van der Waals surface area contributed by atoms with Gasteiger partial charge in [-0.1, -0.05) is 42.8 Å². The SMILES string of the molecule is CCCOc1ccc(NC(=O)CC2C(=O)N(c3ccc(C)cc3)C(=O)N2CCc2ccccc2F)cc1. The monoisotopic (exact) mass is 503 g/mol. The molecule has 1 saturated heterocycles. The molecule has 1 atom stereocenters. The van der Waals surface area contributed by atoms with Gasteiger partial charge in [0.15, 0.2) is 0 Å². The molecular formula is C29H30FN3O4. The minimum Gasteiger partial charge on any atom is -0.494 e. The Morgan fingerprint density at radius 3 is 2.38 bits per heavy atom. The van der Waals surface area contributed by atoms with E-state index in [2.05, 4.69) is 5.32 Å². The number of nitrogens with zero attached hydrogens (tertiary/aromatic N) is 2. The van der Waals surface area contributed by atoms with Gasteiger partial charge < -0.3 is 15.0 Å². The molecule has 1 N–H and O–H groups in total. The Bertz CT molecular complexity index is 1260. The number of ether oxygens (including phenoxy) is 1. The zero-order valence-electron chi connectivity index (χ0n) is 20.9. The van der Waals surface area contributed by atoms with Crippen LogP contribution in [0.1, 0.15) is 30.9 Å². The highest BCUT2D eigenvalue weighted by Crippen LogP contribution is 2.28. The molecule has 4 amide bonds. The van der Waals surface area contributed by atoms with Crippen LogP contribution in [-0.4, -0.2) is 41.9 Å². The minimum absolute atomic E-state index is 0.0925. The third-order valence-electron chi connectivity index (χ3n) is 6.18. The molecule has 0 spiro atoms. The minimum atomic E-state index is -1.01. The maximum absolute atomic E-state index is 14.2. The molecule has 0 bridgehead atoms. The maximum atomic E-state index is 14.2. The van der Waals surface area contributed by atoms with E-state index in [1.165, 1.54) is 11.0 Å². The highest BCUT2D eigenvalue weighted by molar-refractivity contribution is 6.22.